The van der Waals surface area contributed by atoms with Crippen LogP contribution in [0.5, 0.6) is 0 Å². The second-order valence-electron chi connectivity index (χ2n) is 6.61. The number of guanidine groups is 1. The van der Waals surface area contributed by atoms with Crippen LogP contribution in [0.2, 0.25) is 0 Å². The van der Waals surface area contributed by atoms with E-state index in [4.69, 9.17) is 4.52 Å². The Kier molecular flexibility index (Phi) is 9.63. The molecule has 0 amide bonds. The van der Waals surface area contributed by atoms with Crippen molar-refractivity contribution in [1.29, 1.82) is 0 Å². The number of benzene rings is 2. The van der Waals surface area contributed by atoms with Crippen molar-refractivity contribution in [3.63, 3.8) is 0 Å². The molecule has 2 aromatic carbocycles. The molecule has 1 unspecified atom stereocenters. The van der Waals surface area contributed by atoms with Crippen molar-refractivity contribution in [3.8, 4) is 0 Å². The quantitative estimate of drug-likeness (QED) is 0.274. The highest BCUT2D eigenvalue weighted by Crippen LogP contribution is 2.20. The number of nitrogens with one attached hydrogen (secondary N) is 2. The number of aliphatic imine (C=N–C) groups is 1. The fourth-order valence-corrected chi connectivity index (χ4v) is 3.04. The van der Waals surface area contributed by atoms with Gasteiger partial charge >= 0.3 is 0 Å². The van der Waals surface area contributed by atoms with Crippen LogP contribution in [0.1, 0.15) is 35.7 Å². The highest BCUT2D eigenvalue weighted by atomic mass is 127. The van der Waals surface area contributed by atoms with E-state index in [0.29, 0.717) is 24.2 Å². The topological polar surface area (TPSA) is 75.3 Å². The lowest BCUT2D eigenvalue weighted by molar-refractivity contribution is 0.376. The van der Waals surface area contributed by atoms with Gasteiger partial charge in [-0.2, -0.15) is 4.98 Å². The predicted octanol–water partition coefficient (Wildman–Crippen LogP) is 4.08. The van der Waals surface area contributed by atoms with Crippen LogP contribution in [-0.2, 0) is 13.0 Å². The molecule has 6 nitrogen and oxygen atoms in total. The largest absolute Gasteiger partial charge is 0.357 e. The van der Waals surface area contributed by atoms with Crippen molar-refractivity contribution >= 4 is 29.9 Å². The summed E-state index contributed by atoms with van der Waals surface area (Å²) in [6.07, 6.45) is 0.958. The highest BCUT2D eigenvalue weighted by Gasteiger charge is 2.13. The van der Waals surface area contributed by atoms with Crippen molar-refractivity contribution in [3.05, 3.63) is 83.5 Å². The third-order valence-corrected chi connectivity index (χ3v) is 4.40. The van der Waals surface area contributed by atoms with Crippen LogP contribution in [0, 0.1) is 6.92 Å². The summed E-state index contributed by atoms with van der Waals surface area (Å²) in [6.45, 7) is 5.75. The van der Waals surface area contributed by atoms with Gasteiger partial charge in [-0.05, 0) is 31.4 Å². The SMILES string of the molecule is CCNC(=NCc1nc(C)no1)NCC(Cc1ccccc1)c1ccccc1.I. The molecular formula is C22H28IN5O. The van der Waals surface area contributed by atoms with E-state index in [9.17, 15) is 0 Å². The molecule has 0 radical (unpaired) electrons. The number of hydrogen-bond acceptors (Lipinski definition) is 4. The van der Waals surface area contributed by atoms with Gasteiger partial charge in [0.1, 0.15) is 6.54 Å². The van der Waals surface area contributed by atoms with Crippen molar-refractivity contribution in [2.75, 3.05) is 13.1 Å². The molecule has 0 saturated carbocycles. The Bertz CT molecular complexity index is 867. The fourth-order valence-electron chi connectivity index (χ4n) is 3.04. The third-order valence-electron chi connectivity index (χ3n) is 4.40. The Labute approximate surface area is 189 Å². The minimum Gasteiger partial charge on any atom is -0.357 e. The molecule has 0 fully saturated rings. The normalized spacial score (nSPS) is 12.1. The first kappa shape index (κ1) is 22.9. The summed E-state index contributed by atoms with van der Waals surface area (Å²) in [7, 11) is 0. The molecule has 1 atom stereocenters. The van der Waals surface area contributed by atoms with E-state index in [1.54, 1.807) is 6.92 Å². The van der Waals surface area contributed by atoms with Crippen LogP contribution in [0.3, 0.4) is 0 Å². The Morgan fingerprint density at radius 2 is 1.72 bits per heavy atom. The fraction of sp³-hybridized carbons (Fsp3) is 0.318. The van der Waals surface area contributed by atoms with Crippen molar-refractivity contribution in [1.82, 2.24) is 20.8 Å². The highest BCUT2D eigenvalue weighted by molar-refractivity contribution is 14.0. The van der Waals surface area contributed by atoms with E-state index in [-0.39, 0.29) is 24.0 Å². The van der Waals surface area contributed by atoms with Crippen LogP contribution in [0.15, 0.2) is 70.2 Å². The standard InChI is InChI=1S/C22H27N5O.HI/c1-3-23-22(25-16-21-26-17(2)27-28-21)24-15-20(19-12-8-5-9-13-19)14-18-10-6-4-7-11-18;/h4-13,20H,3,14-16H2,1-2H3,(H2,23,24,25);1H. The van der Waals surface area contributed by atoms with Crippen molar-refractivity contribution in [2.24, 2.45) is 4.99 Å². The molecule has 7 heteroatoms. The molecule has 3 aromatic rings. The zero-order chi connectivity index (χ0) is 19.6. The van der Waals surface area contributed by atoms with Gasteiger partial charge in [-0.3, -0.25) is 0 Å². The monoisotopic (exact) mass is 505 g/mol. The Balaban J connectivity index is 0.00000300. The van der Waals surface area contributed by atoms with E-state index in [1.807, 2.05) is 6.92 Å². The minimum atomic E-state index is 0. The molecule has 0 aliphatic carbocycles. The van der Waals surface area contributed by atoms with E-state index in [1.165, 1.54) is 11.1 Å². The number of nitrogens with zero attached hydrogens (tertiary/aromatic N) is 3. The second-order valence-corrected chi connectivity index (χ2v) is 6.61. The van der Waals surface area contributed by atoms with E-state index >= 15 is 0 Å². The number of aryl methyl sites for hydroxylation is 1. The summed E-state index contributed by atoms with van der Waals surface area (Å²) in [5.74, 6) is 2.21. The van der Waals surface area contributed by atoms with Crippen LogP contribution in [0.4, 0.5) is 0 Å². The molecule has 3 rings (SSSR count). The van der Waals surface area contributed by atoms with Crippen molar-refractivity contribution < 1.29 is 4.52 Å². The van der Waals surface area contributed by atoms with Crippen LogP contribution < -0.4 is 10.6 Å². The maximum Gasteiger partial charge on any atom is 0.248 e. The minimum absolute atomic E-state index is 0. The molecule has 0 aliphatic rings. The number of hydrogen-bond donors (Lipinski definition) is 2. The van der Waals surface area contributed by atoms with Crippen molar-refractivity contribution in [2.45, 2.75) is 32.7 Å². The maximum atomic E-state index is 5.14. The molecule has 29 heavy (non-hydrogen) atoms. The van der Waals surface area contributed by atoms with Gasteiger partial charge in [0.05, 0.1) is 0 Å². The molecule has 1 aromatic heterocycles. The lowest BCUT2D eigenvalue weighted by atomic mass is 9.92. The summed E-state index contributed by atoms with van der Waals surface area (Å²) in [5, 5.41) is 10.6. The maximum absolute atomic E-state index is 5.14. The zero-order valence-corrected chi connectivity index (χ0v) is 19.2. The Hall–Kier alpha value is -2.42. The molecule has 0 saturated heterocycles. The van der Waals surface area contributed by atoms with Gasteiger partial charge in [-0.25, -0.2) is 4.99 Å². The lowest BCUT2D eigenvalue weighted by Gasteiger charge is -2.20. The summed E-state index contributed by atoms with van der Waals surface area (Å²) in [5.41, 5.74) is 2.63. The van der Waals surface area contributed by atoms with Gasteiger partial charge in [0.15, 0.2) is 11.8 Å². The average Bonchev–Trinajstić information content (AvgIpc) is 3.15. The van der Waals surface area contributed by atoms with E-state index < -0.39 is 0 Å². The number of halogens is 1. The first-order valence-electron chi connectivity index (χ1n) is 9.65. The number of aromatic nitrogens is 2. The summed E-state index contributed by atoms with van der Waals surface area (Å²) >= 11 is 0. The van der Waals surface area contributed by atoms with Gasteiger partial charge in [0.2, 0.25) is 5.89 Å². The lowest BCUT2D eigenvalue weighted by Crippen LogP contribution is -2.39. The molecule has 0 bridgehead atoms. The summed E-state index contributed by atoms with van der Waals surface area (Å²) < 4.78 is 5.14. The van der Waals surface area contributed by atoms with Gasteiger partial charge in [0, 0.05) is 19.0 Å². The molecular weight excluding hydrogens is 477 g/mol. The summed E-state index contributed by atoms with van der Waals surface area (Å²) in [4.78, 5) is 8.77. The van der Waals surface area contributed by atoms with Gasteiger partial charge in [-0.1, -0.05) is 65.8 Å². The molecule has 0 spiro atoms. The predicted molar refractivity (Wildman–Crippen MR) is 127 cm³/mol. The van der Waals surface area contributed by atoms with Crippen LogP contribution in [-0.4, -0.2) is 29.2 Å². The molecule has 154 valence electrons. The van der Waals surface area contributed by atoms with Gasteiger partial charge in [-0.15, -0.1) is 24.0 Å². The summed E-state index contributed by atoms with van der Waals surface area (Å²) in [6, 6.07) is 21.2. The third kappa shape index (κ3) is 7.49. The first-order chi connectivity index (χ1) is 13.7. The molecule has 1 heterocycles. The van der Waals surface area contributed by atoms with Crippen LogP contribution in [0.25, 0.3) is 0 Å². The van der Waals surface area contributed by atoms with Crippen LogP contribution >= 0.6 is 24.0 Å². The molecule has 0 aliphatic heterocycles. The van der Waals surface area contributed by atoms with E-state index in [2.05, 4.69) is 86.4 Å². The average molecular weight is 505 g/mol. The zero-order valence-electron chi connectivity index (χ0n) is 16.8. The smallest absolute Gasteiger partial charge is 0.248 e. The molecule has 2 N–H and O–H groups in total. The Morgan fingerprint density at radius 3 is 2.34 bits per heavy atom. The Morgan fingerprint density at radius 1 is 1.03 bits per heavy atom. The number of rotatable bonds is 8. The van der Waals surface area contributed by atoms with E-state index in [0.717, 1.165) is 25.5 Å². The van der Waals surface area contributed by atoms with Gasteiger partial charge < -0.3 is 15.2 Å². The van der Waals surface area contributed by atoms with Gasteiger partial charge in [0.25, 0.3) is 0 Å². The first-order valence-corrected chi connectivity index (χ1v) is 9.65. The second kappa shape index (κ2) is 12.2.